The maximum absolute atomic E-state index is 13.7. The van der Waals surface area contributed by atoms with E-state index >= 15 is 0 Å². The monoisotopic (exact) mass is 655 g/mol. The van der Waals surface area contributed by atoms with Crippen molar-refractivity contribution in [2.24, 2.45) is 0 Å². The number of ether oxygens (including phenoxy) is 1. The fourth-order valence-electron chi connectivity index (χ4n) is 4.88. The van der Waals surface area contributed by atoms with Crippen molar-refractivity contribution in [1.29, 1.82) is 0 Å². The summed E-state index contributed by atoms with van der Waals surface area (Å²) in [5.41, 5.74) is 4.42. The van der Waals surface area contributed by atoms with Crippen LogP contribution < -0.4 is 20.7 Å². The number of amides is 3. The Hall–Kier alpha value is -5.60. The maximum Gasteiger partial charge on any atom is 0.272 e. The summed E-state index contributed by atoms with van der Waals surface area (Å²) in [6.07, 6.45) is 1.60. The van der Waals surface area contributed by atoms with Crippen molar-refractivity contribution in [3.8, 4) is 5.75 Å². The molecule has 0 fully saturated rings. The van der Waals surface area contributed by atoms with Gasteiger partial charge >= 0.3 is 0 Å². The lowest BCUT2D eigenvalue weighted by Crippen LogP contribution is -2.30. The molecule has 5 aromatic carbocycles. The zero-order chi connectivity index (χ0) is 33.9. The molecule has 0 saturated carbocycles. The van der Waals surface area contributed by atoms with E-state index in [-0.39, 0.29) is 11.6 Å². The number of benzene rings is 5. The minimum absolute atomic E-state index is 0.0557. The minimum atomic E-state index is -0.560. The van der Waals surface area contributed by atoms with E-state index in [9.17, 15) is 14.4 Å². The van der Waals surface area contributed by atoms with E-state index in [0.29, 0.717) is 28.5 Å². The second-order valence-electron chi connectivity index (χ2n) is 11.3. The molecule has 0 bridgehead atoms. The number of nitrogens with one attached hydrogen (secondary N) is 3. The summed E-state index contributed by atoms with van der Waals surface area (Å²) in [5, 5.41) is 8.19. The Kier molecular flexibility index (Phi) is 11.5. The molecule has 5 rings (SSSR count). The van der Waals surface area contributed by atoms with Crippen LogP contribution in [0.5, 0.6) is 5.75 Å². The van der Waals surface area contributed by atoms with Gasteiger partial charge in [-0.15, -0.1) is 11.8 Å². The highest BCUT2D eigenvalue weighted by atomic mass is 32.2. The number of hydrogen-bond acceptors (Lipinski definition) is 5. The van der Waals surface area contributed by atoms with Gasteiger partial charge in [0.15, 0.2) is 0 Å². The van der Waals surface area contributed by atoms with Crippen LogP contribution in [-0.4, -0.2) is 24.8 Å². The van der Waals surface area contributed by atoms with Crippen LogP contribution in [0.15, 0.2) is 144 Å². The van der Waals surface area contributed by atoms with Crippen molar-refractivity contribution >= 4 is 46.9 Å². The number of anilines is 2. The number of thioether (sulfide) groups is 1. The fourth-order valence-corrected chi connectivity index (χ4v) is 5.97. The van der Waals surface area contributed by atoms with Gasteiger partial charge < -0.3 is 20.7 Å². The SMILES string of the molecule is COc1cccc(/C=C(\NC(=O)c2ccccc2)C(=O)Nc2cccc(SC(C(=O)Nc3ccc(C(C)C)cc3)c3ccccc3)c2)c1. The topological polar surface area (TPSA) is 96.5 Å². The largest absolute Gasteiger partial charge is 0.497 e. The summed E-state index contributed by atoms with van der Waals surface area (Å²) in [5.74, 6) is -0.0767. The molecule has 3 amide bonds. The molecule has 0 saturated heterocycles. The van der Waals surface area contributed by atoms with E-state index in [0.717, 1.165) is 16.1 Å². The predicted molar refractivity (Wildman–Crippen MR) is 194 cm³/mol. The molecule has 3 N–H and O–H groups in total. The van der Waals surface area contributed by atoms with Crippen molar-refractivity contribution in [3.63, 3.8) is 0 Å². The van der Waals surface area contributed by atoms with Crippen LogP contribution in [0.3, 0.4) is 0 Å². The molecule has 5 aromatic rings. The fraction of sp³-hybridized carbons (Fsp3) is 0.125. The number of carbonyl (C=O) groups excluding carboxylic acids is 3. The Labute approximate surface area is 285 Å². The van der Waals surface area contributed by atoms with Crippen molar-refractivity contribution in [3.05, 3.63) is 161 Å². The average Bonchev–Trinajstić information content (AvgIpc) is 3.11. The molecular formula is C40H37N3O4S. The molecule has 0 aromatic heterocycles. The Balaban J connectivity index is 1.37. The van der Waals surface area contributed by atoms with Crippen LogP contribution in [0.1, 0.15) is 52.1 Å². The third-order valence-electron chi connectivity index (χ3n) is 7.46. The lowest BCUT2D eigenvalue weighted by molar-refractivity contribution is -0.116. The zero-order valence-corrected chi connectivity index (χ0v) is 27.8. The van der Waals surface area contributed by atoms with Crippen LogP contribution in [0.2, 0.25) is 0 Å². The lowest BCUT2D eigenvalue weighted by Gasteiger charge is -2.18. The van der Waals surface area contributed by atoms with Crippen LogP contribution in [0.25, 0.3) is 6.08 Å². The predicted octanol–water partition coefficient (Wildman–Crippen LogP) is 8.70. The zero-order valence-electron chi connectivity index (χ0n) is 27.0. The standard InChI is InChI=1S/C40H37N3O4S/c1-27(2)29-20-22-32(23-21-29)41-40(46)37(30-13-6-4-7-14-30)48-35-19-11-17-33(26-35)42-39(45)36(25-28-12-10-18-34(24-28)47-3)43-38(44)31-15-8-5-9-16-31/h4-27,37H,1-3H3,(H,41,46)(H,42,45)(H,43,44)/b36-25-. The summed E-state index contributed by atoms with van der Waals surface area (Å²) in [6.45, 7) is 4.26. The molecule has 8 heteroatoms. The van der Waals surface area contributed by atoms with E-state index in [1.54, 1.807) is 61.7 Å². The Bertz CT molecular complexity index is 1890. The first-order valence-corrected chi connectivity index (χ1v) is 16.4. The normalized spacial score (nSPS) is 11.8. The number of carbonyl (C=O) groups is 3. The molecule has 0 radical (unpaired) electrons. The molecule has 7 nitrogen and oxygen atoms in total. The molecule has 0 spiro atoms. The van der Waals surface area contributed by atoms with Gasteiger partial charge in [0.25, 0.3) is 11.8 Å². The van der Waals surface area contributed by atoms with Crippen LogP contribution >= 0.6 is 11.8 Å². The summed E-state index contributed by atoms with van der Waals surface area (Å²) in [4.78, 5) is 41.2. The Morgan fingerprint density at radius 1 is 0.688 bits per heavy atom. The van der Waals surface area contributed by atoms with Gasteiger partial charge in [-0.1, -0.05) is 92.7 Å². The molecule has 1 unspecified atom stereocenters. The van der Waals surface area contributed by atoms with E-state index in [1.807, 2.05) is 84.9 Å². The van der Waals surface area contributed by atoms with E-state index in [4.69, 9.17) is 4.74 Å². The highest BCUT2D eigenvalue weighted by Crippen LogP contribution is 2.37. The van der Waals surface area contributed by atoms with Crippen molar-refractivity contribution in [2.45, 2.75) is 29.9 Å². The average molecular weight is 656 g/mol. The summed E-state index contributed by atoms with van der Waals surface area (Å²) >= 11 is 1.38. The van der Waals surface area contributed by atoms with E-state index < -0.39 is 17.1 Å². The molecule has 48 heavy (non-hydrogen) atoms. The third-order valence-corrected chi connectivity index (χ3v) is 8.71. The lowest BCUT2D eigenvalue weighted by atomic mass is 10.0. The van der Waals surface area contributed by atoms with Crippen LogP contribution in [0.4, 0.5) is 11.4 Å². The van der Waals surface area contributed by atoms with Crippen LogP contribution in [-0.2, 0) is 9.59 Å². The molecule has 0 heterocycles. The van der Waals surface area contributed by atoms with Crippen molar-refractivity contribution < 1.29 is 19.1 Å². The van der Waals surface area contributed by atoms with Gasteiger partial charge in [0.2, 0.25) is 5.91 Å². The number of methoxy groups -OCH3 is 1. The van der Waals surface area contributed by atoms with Gasteiger partial charge in [-0.2, -0.15) is 0 Å². The van der Waals surface area contributed by atoms with E-state index in [2.05, 4.69) is 29.8 Å². The van der Waals surface area contributed by atoms with Gasteiger partial charge in [0.05, 0.1) is 7.11 Å². The second-order valence-corrected chi connectivity index (χ2v) is 12.5. The van der Waals surface area contributed by atoms with Gasteiger partial charge in [0.1, 0.15) is 16.7 Å². The highest BCUT2D eigenvalue weighted by Gasteiger charge is 2.23. The Morgan fingerprint density at radius 3 is 2.06 bits per heavy atom. The third kappa shape index (κ3) is 9.24. The van der Waals surface area contributed by atoms with Crippen molar-refractivity contribution in [1.82, 2.24) is 5.32 Å². The second kappa shape index (κ2) is 16.3. The van der Waals surface area contributed by atoms with Gasteiger partial charge in [0, 0.05) is 21.8 Å². The minimum Gasteiger partial charge on any atom is -0.497 e. The summed E-state index contributed by atoms with van der Waals surface area (Å²) in [7, 11) is 1.56. The highest BCUT2D eigenvalue weighted by molar-refractivity contribution is 8.00. The molecule has 0 aliphatic carbocycles. The first-order chi connectivity index (χ1) is 23.3. The van der Waals surface area contributed by atoms with Crippen LogP contribution in [0, 0.1) is 0 Å². The first kappa shape index (κ1) is 33.8. The molecule has 242 valence electrons. The molecule has 0 aliphatic heterocycles. The molecule has 1 atom stereocenters. The van der Waals surface area contributed by atoms with Crippen molar-refractivity contribution in [2.75, 3.05) is 17.7 Å². The van der Waals surface area contributed by atoms with Gasteiger partial charge in [-0.3, -0.25) is 14.4 Å². The number of rotatable bonds is 12. The maximum atomic E-state index is 13.7. The smallest absolute Gasteiger partial charge is 0.272 e. The summed E-state index contributed by atoms with van der Waals surface area (Å²) in [6, 6.07) is 40.6. The van der Waals surface area contributed by atoms with Gasteiger partial charge in [-0.25, -0.2) is 0 Å². The quantitative estimate of drug-likeness (QED) is 0.0923. The first-order valence-electron chi connectivity index (χ1n) is 15.5. The molecule has 0 aliphatic rings. The summed E-state index contributed by atoms with van der Waals surface area (Å²) < 4.78 is 5.33. The van der Waals surface area contributed by atoms with Gasteiger partial charge in [-0.05, 0) is 83.3 Å². The molecular weight excluding hydrogens is 619 g/mol. The Morgan fingerprint density at radius 2 is 1.38 bits per heavy atom. The van der Waals surface area contributed by atoms with E-state index in [1.165, 1.54) is 17.3 Å². The number of hydrogen-bond donors (Lipinski definition) is 3.